The number of halogens is 1. The van der Waals surface area contributed by atoms with Gasteiger partial charge in [-0.25, -0.2) is 9.37 Å². The number of fused-ring (bicyclic) bond motifs is 1. The highest BCUT2D eigenvalue weighted by Gasteiger charge is 2.15. The molecule has 0 bridgehead atoms. The summed E-state index contributed by atoms with van der Waals surface area (Å²) in [5.41, 5.74) is 4.71. The van der Waals surface area contributed by atoms with Gasteiger partial charge in [0.05, 0.1) is 0 Å². The number of aromatic amines is 1. The Morgan fingerprint density at radius 3 is 2.68 bits per heavy atom. The average molecular weight is 416 g/mol. The first-order valence-electron chi connectivity index (χ1n) is 10.3. The molecule has 0 saturated carbocycles. The fourth-order valence-corrected chi connectivity index (χ4v) is 3.82. The van der Waals surface area contributed by atoms with Crippen LogP contribution in [-0.2, 0) is 17.8 Å². The van der Waals surface area contributed by atoms with Crippen LogP contribution in [0.15, 0.2) is 66.9 Å². The van der Waals surface area contributed by atoms with E-state index in [1.165, 1.54) is 12.1 Å². The van der Waals surface area contributed by atoms with E-state index >= 15 is 0 Å². The lowest BCUT2D eigenvalue weighted by Crippen LogP contribution is -2.24. The third-order valence-electron chi connectivity index (χ3n) is 5.30. The Balaban J connectivity index is 1.52. The van der Waals surface area contributed by atoms with Crippen molar-refractivity contribution in [3.8, 4) is 11.3 Å². The van der Waals surface area contributed by atoms with E-state index in [0.29, 0.717) is 19.4 Å². The first-order chi connectivity index (χ1) is 15.0. The largest absolute Gasteiger partial charge is 0.362 e. The zero-order valence-electron chi connectivity index (χ0n) is 17.7. The molecule has 2 heterocycles. The van der Waals surface area contributed by atoms with Crippen LogP contribution in [0.1, 0.15) is 17.5 Å². The number of aromatic nitrogens is 2. The minimum absolute atomic E-state index is 0.0571. The molecule has 0 fully saturated rings. The van der Waals surface area contributed by atoms with Crippen LogP contribution >= 0.6 is 0 Å². The molecule has 0 aliphatic carbocycles. The summed E-state index contributed by atoms with van der Waals surface area (Å²) < 4.78 is 13.9. The highest BCUT2D eigenvalue weighted by atomic mass is 19.1. The molecule has 0 radical (unpaired) electrons. The second-order valence-corrected chi connectivity index (χ2v) is 7.69. The first-order valence-corrected chi connectivity index (χ1v) is 10.3. The second kappa shape index (κ2) is 9.00. The molecule has 6 heteroatoms. The molecule has 0 spiro atoms. The molecule has 4 rings (SSSR count). The van der Waals surface area contributed by atoms with Crippen LogP contribution in [0.3, 0.4) is 0 Å². The van der Waals surface area contributed by atoms with Gasteiger partial charge in [0.2, 0.25) is 5.91 Å². The summed E-state index contributed by atoms with van der Waals surface area (Å²) in [6.07, 6.45) is 2.55. The Hall–Kier alpha value is -3.67. The van der Waals surface area contributed by atoms with Gasteiger partial charge in [0.25, 0.3) is 0 Å². The SMILES string of the molecule is CN(C)c1ncccc1CNC(=O)CCc1c(-c2ccccc2)[nH]c2ccc(F)cc12. The van der Waals surface area contributed by atoms with E-state index in [-0.39, 0.29) is 11.7 Å². The number of rotatable bonds is 7. The van der Waals surface area contributed by atoms with Gasteiger partial charge in [-0.1, -0.05) is 36.4 Å². The standard InChI is InChI=1S/C25H25FN4O/c1-30(2)25-18(9-6-14-27-25)16-28-23(31)13-11-20-21-15-19(26)10-12-22(21)29-24(20)17-7-4-3-5-8-17/h3-10,12,14-15,29H,11,13,16H2,1-2H3,(H,28,31). The van der Waals surface area contributed by atoms with Crippen molar-refractivity contribution in [1.82, 2.24) is 15.3 Å². The van der Waals surface area contributed by atoms with Crippen molar-refractivity contribution < 1.29 is 9.18 Å². The monoisotopic (exact) mass is 416 g/mol. The van der Waals surface area contributed by atoms with Crippen molar-refractivity contribution in [2.75, 3.05) is 19.0 Å². The number of hydrogen-bond acceptors (Lipinski definition) is 3. The van der Waals surface area contributed by atoms with Gasteiger partial charge in [0.1, 0.15) is 11.6 Å². The van der Waals surface area contributed by atoms with Crippen LogP contribution in [0.5, 0.6) is 0 Å². The number of anilines is 1. The summed E-state index contributed by atoms with van der Waals surface area (Å²) in [6, 6.07) is 18.4. The zero-order chi connectivity index (χ0) is 21.8. The van der Waals surface area contributed by atoms with Crippen LogP contribution in [0.25, 0.3) is 22.2 Å². The topological polar surface area (TPSA) is 61.0 Å². The number of H-pyrrole nitrogens is 1. The molecular weight excluding hydrogens is 391 g/mol. The van der Waals surface area contributed by atoms with Crippen LogP contribution < -0.4 is 10.2 Å². The van der Waals surface area contributed by atoms with Crippen molar-refractivity contribution in [3.63, 3.8) is 0 Å². The number of pyridine rings is 1. The molecule has 4 aromatic rings. The predicted molar refractivity (Wildman–Crippen MR) is 122 cm³/mol. The molecule has 0 aliphatic rings. The van der Waals surface area contributed by atoms with Gasteiger partial charge in [-0.3, -0.25) is 4.79 Å². The summed E-state index contributed by atoms with van der Waals surface area (Å²) in [5, 5.41) is 3.80. The maximum absolute atomic E-state index is 13.9. The third-order valence-corrected chi connectivity index (χ3v) is 5.30. The van der Waals surface area contributed by atoms with Crippen molar-refractivity contribution in [3.05, 3.63) is 83.8 Å². The van der Waals surface area contributed by atoms with Gasteiger partial charge in [-0.15, -0.1) is 0 Å². The summed E-state index contributed by atoms with van der Waals surface area (Å²) in [4.78, 5) is 22.3. The summed E-state index contributed by atoms with van der Waals surface area (Å²) in [5.74, 6) is 0.490. The molecule has 158 valence electrons. The number of amides is 1. The molecule has 2 N–H and O–H groups in total. The van der Waals surface area contributed by atoms with Crippen molar-refractivity contribution >= 4 is 22.6 Å². The van der Waals surface area contributed by atoms with E-state index in [4.69, 9.17) is 0 Å². The number of hydrogen-bond donors (Lipinski definition) is 2. The molecule has 1 amide bonds. The van der Waals surface area contributed by atoms with Gasteiger partial charge < -0.3 is 15.2 Å². The highest BCUT2D eigenvalue weighted by molar-refractivity contribution is 5.91. The van der Waals surface area contributed by atoms with Gasteiger partial charge in [-0.2, -0.15) is 0 Å². The number of nitrogens with zero attached hydrogens (tertiary/aromatic N) is 2. The van der Waals surface area contributed by atoms with E-state index in [2.05, 4.69) is 15.3 Å². The van der Waals surface area contributed by atoms with E-state index in [1.54, 1.807) is 12.3 Å². The summed E-state index contributed by atoms with van der Waals surface area (Å²) >= 11 is 0. The van der Waals surface area contributed by atoms with Crippen LogP contribution in [-0.4, -0.2) is 30.0 Å². The Kier molecular flexibility index (Phi) is 5.98. The summed E-state index contributed by atoms with van der Waals surface area (Å²) in [6.45, 7) is 0.411. The molecule has 0 aliphatic heterocycles. The van der Waals surface area contributed by atoms with Crippen LogP contribution in [0, 0.1) is 5.82 Å². The molecule has 5 nitrogen and oxygen atoms in total. The number of benzene rings is 2. The summed E-state index contributed by atoms with van der Waals surface area (Å²) in [7, 11) is 3.85. The molecule has 2 aromatic heterocycles. The predicted octanol–water partition coefficient (Wildman–Crippen LogP) is 4.68. The van der Waals surface area contributed by atoms with Gasteiger partial charge in [-0.05, 0) is 41.8 Å². The minimum Gasteiger partial charge on any atom is -0.362 e. The quantitative estimate of drug-likeness (QED) is 0.460. The lowest BCUT2D eigenvalue weighted by Gasteiger charge is -2.16. The van der Waals surface area contributed by atoms with Gasteiger partial charge in [0.15, 0.2) is 0 Å². The number of nitrogens with one attached hydrogen (secondary N) is 2. The van der Waals surface area contributed by atoms with E-state index in [1.807, 2.05) is 61.5 Å². The van der Waals surface area contributed by atoms with E-state index in [0.717, 1.165) is 39.1 Å². The van der Waals surface area contributed by atoms with Crippen molar-refractivity contribution in [2.45, 2.75) is 19.4 Å². The zero-order valence-corrected chi connectivity index (χ0v) is 17.7. The molecule has 0 saturated heterocycles. The molecule has 0 atom stereocenters. The fraction of sp³-hybridized carbons (Fsp3) is 0.200. The first kappa shape index (κ1) is 20.6. The molecular formula is C25H25FN4O. The maximum atomic E-state index is 13.9. The maximum Gasteiger partial charge on any atom is 0.220 e. The molecule has 0 unspecified atom stereocenters. The van der Waals surface area contributed by atoms with Crippen LogP contribution in [0.2, 0.25) is 0 Å². The Labute approximate surface area is 180 Å². The van der Waals surface area contributed by atoms with E-state index in [9.17, 15) is 9.18 Å². The van der Waals surface area contributed by atoms with Crippen molar-refractivity contribution in [2.24, 2.45) is 0 Å². The molecule has 2 aromatic carbocycles. The third kappa shape index (κ3) is 4.58. The Bertz CT molecular complexity index is 1200. The van der Waals surface area contributed by atoms with E-state index < -0.39 is 0 Å². The number of carbonyl (C=O) groups excluding carboxylic acids is 1. The number of carbonyl (C=O) groups is 1. The fourth-order valence-electron chi connectivity index (χ4n) is 3.82. The van der Waals surface area contributed by atoms with Crippen LogP contribution in [0.4, 0.5) is 10.2 Å². The minimum atomic E-state index is -0.287. The smallest absolute Gasteiger partial charge is 0.220 e. The Morgan fingerprint density at radius 2 is 1.90 bits per heavy atom. The molecule has 31 heavy (non-hydrogen) atoms. The normalized spacial score (nSPS) is 10.9. The number of aryl methyl sites for hydroxylation is 1. The van der Waals surface area contributed by atoms with Gasteiger partial charge in [0, 0.05) is 55.4 Å². The second-order valence-electron chi connectivity index (χ2n) is 7.69. The lowest BCUT2D eigenvalue weighted by atomic mass is 10.0. The van der Waals surface area contributed by atoms with Crippen molar-refractivity contribution in [1.29, 1.82) is 0 Å². The average Bonchev–Trinajstić information content (AvgIpc) is 3.14. The Morgan fingerprint density at radius 1 is 1.10 bits per heavy atom. The lowest BCUT2D eigenvalue weighted by molar-refractivity contribution is -0.121. The van der Waals surface area contributed by atoms with Gasteiger partial charge >= 0.3 is 0 Å². The highest BCUT2D eigenvalue weighted by Crippen LogP contribution is 2.31.